The minimum absolute atomic E-state index is 0.171. The van der Waals surface area contributed by atoms with Crippen LogP contribution in [0.15, 0.2) is 84.9 Å². The number of benzene rings is 3. The molecular formula is C26H23NO3. The largest absolute Gasteiger partial charge is 0.487 e. The first-order valence-electron chi connectivity index (χ1n) is 9.66. The van der Waals surface area contributed by atoms with Crippen molar-refractivity contribution in [2.45, 2.75) is 20.0 Å². The third kappa shape index (κ3) is 5.36. The van der Waals surface area contributed by atoms with Gasteiger partial charge in [0, 0.05) is 5.57 Å². The van der Waals surface area contributed by atoms with Gasteiger partial charge in [-0.15, -0.1) is 0 Å². The molecule has 0 aliphatic heterocycles. The number of rotatable bonds is 7. The van der Waals surface area contributed by atoms with E-state index in [4.69, 9.17) is 14.7 Å². The molecule has 3 aromatic rings. The second-order valence-corrected chi connectivity index (χ2v) is 7.10. The summed E-state index contributed by atoms with van der Waals surface area (Å²) in [4.78, 5) is 11.5. The van der Waals surface area contributed by atoms with Crippen LogP contribution in [0.4, 0.5) is 0 Å². The van der Waals surface area contributed by atoms with E-state index in [1.807, 2.05) is 55.5 Å². The number of carbonyl (C=O) groups excluding carboxylic acids is 1. The van der Waals surface area contributed by atoms with Gasteiger partial charge in [-0.2, -0.15) is 5.26 Å². The number of nitrogens with zero attached hydrogens (tertiary/aromatic N) is 1. The lowest BCUT2D eigenvalue weighted by Gasteiger charge is -2.15. The highest BCUT2D eigenvalue weighted by Crippen LogP contribution is 2.26. The summed E-state index contributed by atoms with van der Waals surface area (Å²) in [7, 11) is 0. The number of carbonyl (C=O) groups is 1. The van der Waals surface area contributed by atoms with Crippen LogP contribution >= 0.6 is 0 Å². The van der Waals surface area contributed by atoms with Crippen molar-refractivity contribution in [1.29, 1.82) is 5.26 Å². The highest BCUT2D eigenvalue weighted by molar-refractivity contribution is 5.86. The Hall–Kier alpha value is -3.84. The van der Waals surface area contributed by atoms with Crippen molar-refractivity contribution in [2.75, 3.05) is 6.61 Å². The highest BCUT2D eigenvalue weighted by Gasteiger charge is 2.09. The summed E-state index contributed by atoms with van der Waals surface area (Å²) in [6.45, 7) is 7.19. The third-order valence-electron chi connectivity index (χ3n) is 4.55. The number of hydrogen-bond donors (Lipinski definition) is 0. The molecule has 0 bridgehead atoms. The van der Waals surface area contributed by atoms with Gasteiger partial charge in [0.15, 0.2) is 0 Å². The fraction of sp³-hybridized carbons (Fsp3) is 0.154. The fourth-order valence-electron chi connectivity index (χ4n) is 2.90. The third-order valence-corrected chi connectivity index (χ3v) is 4.55. The molecule has 30 heavy (non-hydrogen) atoms. The normalized spacial score (nSPS) is 11.2. The average molecular weight is 397 g/mol. The summed E-state index contributed by atoms with van der Waals surface area (Å²) in [5.41, 5.74) is 5.38. The molecule has 0 fully saturated rings. The van der Waals surface area contributed by atoms with Crippen LogP contribution < -0.4 is 4.74 Å². The average Bonchev–Trinajstić information content (AvgIpc) is 2.78. The first-order valence-corrected chi connectivity index (χ1v) is 9.66. The molecular weight excluding hydrogens is 374 g/mol. The molecule has 0 aliphatic carbocycles. The van der Waals surface area contributed by atoms with E-state index in [1.54, 1.807) is 6.92 Å². The Morgan fingerprint density at radius 1 is 0.900 bits per heavy atom. The SMILES string of the molecule is C=C(C)C(=O)OCC(C)Oc1ccc(-c2ccc(-c3ccc(C#N)cc3)cc2)cc1. The molecule has 1 unspecified atom stereocenters. The van der Waals surface area contributed by atoms with Crippen LogP contribution in [0.5, 0.6) is 5.75 Å². The zero-order valence-electron chi connectivity index (χ0n) is 17.1. The van der Waals surface area contributed by atoms with E-state index in [-0.39, 0.29) is 12.7 Å². The van der Waals surface area contributed by atoms with Crippen molar-refractivity contribution < 1.29 is 14.3 Å². The molecule has 4 nitrogen and oxygen atoms in total. The van der Waals surface area contributed by atoms with Gasteiger partial charge in [0.2, 0.25) is 0 Å². The van der Waals surface area contributed by atoms with Gasteiger partial charge in [0.05, 0.1) is 11.6 Å². The van der Waals surface area contributed by atoms with Gasteiger partial charge < -0.3 is 9.47 Å². The van der Waals surface area contributed by atoms with E-state index in [1.165, 1.54) is 0 Å². The standard InChI is InChI=1S/C26H23NO3/c1-18(2)26(28)29-17-19(3)30-25-14-12-24(13-15-25)23-10-8-22(9-11-23)21-6-4-20(16-27)5-7-21/h4-15,19H,1,17H2,2-3H3. The Kier molecular flexibility index (Phi) is 6.67. The van der Waals surface area contributed by atoms with Crippen LogP contribution in [0.25, 0.3) is 22.3 Å². The molecule has 0 N–H and O–H groups in total. The van der Waals surface area contributed by atoms with E-state index in [0.717, 1.165) is 22.3 Å². The van der Waals surface area contributed by atoms with Gasteiger partial charge in [-0.25, -0.2) is 4.79 Å². The van der Waals surface area contributed by atoms with E-state index >= 15 is 0 Å². The van der Waals surface area contributed by atoms with E-state index in [2.05, 4.69) is 36.9 Å². The van der Waals surface area contributed by atoms with Crippen LogP contribution in [-0.4, -0.2) is 18.7 Å². The zero-order valence-corrected chi connectivity index (χ0v) is 17.1. The first-order chi connectivity index (χ1) is 14.5. The molecule has 0 amide bonds. The van der Waals surface area contributed by atoms with Gasteiger partial charge in [0.1, 0.15) is 18.5 Å². The minimum Gasteiger partial charge on any atom is -0.487 e. The van der Waals surface area contributed by atoms with Crippen molar-refractivity contribution in [3.05, 3.63) is 90.5 Å². The van der Waals surface area contributed by atoms with Crippen LogP contribution in [0.2, 0.25) is 0 Å². The molecule has 3 aromatic carbocycles. The Labute approximate surface area is 177 Å². The maximum absolute atomic E-state index is 11.5. The predicted octanol–water partition coefficient (Wildman–Crippen LogP) is 5.78. The lowest BCUT2D eigenvalue weighted by atomic mass is 10.00. The highest BCUT2D eigenvalue weighted by atomic mass is 16.6. The Morgan fingerprint density at radius 3 is 1.77 bits per heavy atom. The van der Waals surface area contributed by atoms with E-state index in [9.17, 15) is 4.79 Å². The van der Waals surface area contributed by atoms with Crippen molar-refractivity contribution in [3.63, 3.8) is 0 Å². The van der Waals surface area contributed by atoms with Gasteiger partial charge in [-0.1, -0.05) is 55.1 Å². The molecule has 3 rings (SSSR count). The summed E-state index contributed by atoms with van der Waals surface area (Å²) in [6, 6.07) is 25.8. The van der Waals surface area contributed by atoms with Gasteiger partial charge in [-0.05, 0) is 60.4 Å². The molecule has 0 radical (unpaired) electrons. The van der Waals surface area contributed by atoms with E-state index < -0.39 is 5.97 Å². The number of esters is 1. The number of hydrogen-bond acceptors (Lipinski definition) is 4. The first kappa shape index (κ1) is 20.9. The summed E-state index contributed by atoms with van der Waals surface area (Å²) in [6.07, 6.45) is -0.258. The van der Waals surface area contributed by atoms with Crippen LogP contribution in [0.1, 0.15) is 19.4 Å². The van der Waals surface area contributed by atoms with Crippen molar-refractivity contribution in [3.8, 4) is 34.1 Å². The lowest BCUT2D eigenvalue weighted by Crippen LogP contribution is -2.21. The van der Waals surface area contributed by atoms with Crippen molar-refractivity contribution in [2.24, 2.45) is 0 Å². The van der Waals surface area contributed by atoms with Gasteiger partial charge in [0.25, 0.3) is 0 Å². The summed E-state index contributed by atoms with van der Waals surface area (Å²) < 4.78 is 10.9. The maximum Gasteiger partial charge on any atom is 0.333 e. The molecule has 0 saturated heterocycles. The zero-order chi connectivity index (χ0) is 21.5. The molecule has 0 aliphatic rings. The molecule has 0 aromatic heterocycles. The second kappa shape index (κ2) is 9.58. The van der Waals surface area contributed by atoms with Crippen LogP contribution in [-0.2, 0) is 9.53 Å². The molecule has 0 saturated carbocycles. The predicted molar refractivity (Wildman–Crippen MR) is 118 cm³/mol. The topological polar surface area (TPSA) is 59.3 Å². The molecule has 1 atom stereocenters. The van der Waals surface area contributed by atoms with Crippen molar-refractivity contribution in [1.82, 2.24) is 0 Å². The van der Waals surface area contributed by atoms with Crippen LogP contribution in [0.3, 0.4) is 0 Å². The van der Waals surface area contributed by atoms with Gasteiger partial charge in [-0.3, -0.25) is 0 Å². The summed E-state index contributed by atoms with van der Waals surface area (Å²) in [5.74, 6) is 0.303. The van der Waals surface area contributed by atoms with Crippen molar-refractivity contribution >= 4 is 5.97 Å². The smallest absolute Gasteiger partial charge is 0.333 e. The lowest BCUT2D eigenvalue weighted by molar-refractivity contribution is -0.141. The Bertz CT molecular complexity index is 1060. The molecule has 4 heteroatoms. The van der Waals surface area contributed by atoms with Gasteiger partial charge >= 0.3 is 5.97 Å². The summed E-state index contributed by atoms with van der Waals surface area (Å²) in [5, 5.41) is 8.92. The summed E-state index contributed by atoms with van der Waals surface area (Å²) >= 11 is 0. The Balaban J connectivity index is 1.62. The molecule has 0 heterocycles. The monoisotopic (exact) mass is 397 g/mol. The minimum atomic E-state index is -0.412. The van der Waals surface area contributed by atoms with E-state index in [0.29, 0.717) is 16.9 Å². The molecule has 150 valence electrons. The second-order valence-electron chi connectivity index (χ2n) is 7.10. The molecule has 0 spiro atoms. The maximum atomic E-state index is 11.5. The number of nitriles is 1. The fourth-order valence-corrected chi connectivity index (χ4v) is 2.90. The Morgan fingerprint density at radius 2 is 1.33 bits per heavy atom. The number of ether oxygens (including phenoxy) is 2. The quantitative estimate of drug-likeness (QED) is 0.375. The van der Waals surface area contributed by atoms with Crippen LogP contribution in [0, 0.1) is 11.3 Å².